The smallest absolute Gasteiger partial charge is 0.131 e. The van der Waals surface area contributed by atoms with Crippen LogP contribution < -0.4 is 10.5 Å². The summed E-state index contributed by atoms with van der Waals surface area (Å²) in [4.78, 5) is 2.10. The first-order valence-electron chi connectivity index (χ1n) is 7.31. The first-order valence-corrected chi connectivity index (χ1v) is 7.31. The molecule has 0 aliphatic heterocycles. The van der Waals surface area contributed by atoms with Gasteiger partial charge in [0, 0.05) is 24.7 Å². The molecule has 0 radical (unpaired) electrons. The van der Waals surface area contributed by atoms with Gasteiger partial charge in [-0.25, -0.2) is 4.39 Å². The molecule has 0 heterocycles. The molecule has 0 amide bonds. The van der Waals surface area contributed by atoms with Crippen LogP contribution >= 0.6 is 0 Å². The fraction of sp³-hybridized carbons (Fsp3) is 0.625. The van der Waals surface area contributed by atoms with Gasteiger partial charge in [0.2, 0.25) is 0 Å². The molecule has 0 saturated carbocycles. The van der Waals surface area contributed by atoms with Crippen molar-refractivity contribution in [3.05, 3.63) is 29.6 Å². The van der Waals surface area contributed by atoms with Crippen LogP contribution in [-0.4, -0.2) is 42.4 Å². The van der Waals surface area contributed by atoms with Crippen LogP contribution in [0.25, 0.3) is 0 Å². The summed E-state index contributed by atoms with van der Waals surface area (Å²) in [7, 11) is 1.51. The molecule has 0 fully saturated rings. The number of hydrogen-bond acceptors (Lipinski definition) is 4. The fourth-order valence-corrected chi connectivity index (χ4v) is 2.42. The van der Waals surface area contributed by atoms with E-state index in [1.165, 1.54) is 13.2 Å². The molecular weight excluding hydrogens is 271 g/mol. The Kier molecular flexibility index (Phi) is 6.58. The van der Waals surface area contributed by atoms with E-state index >= 15 is 0 Å². The van der Waals surface area contributed by atoms with Crippen molar-refractivity contribution in [2.75, 3.05) is 26.7 Å². The zero-order valence-electron chi connectivity index (χ0n) is 13.4. The molecule has 120 valence electrons. The lowest BCUT2D eigenvalue weighted by atomic mass is 10.0. The van der Waals surface area contributed by atoms with Gasteiger partial charge in [-0.15, -0.1) is 0 Å². The SMILES string of the molecule is CCN(CCC(N)c1c(F)cccc1OC)CC(C)(C)O. The number of nitrogens with two attached hydrogens (primary N) is 1. The highest BCUT2D eigenvalue weighted by Gasteiger charge is 2.20. The van der Waals surface area contributed by atoms with Gasteiger partial charge in [0.1, 0.15) is 11.6 Å². The zero-order chi connectivity index (χ0) is 16.0. The van der Waals surface area contributed by atoms with Crippen molar-refractivity contribution in [1.29, 1.82) is 0 Å². The predicted molar refractivity (Wildman–Crippen MR) is 82.9 cm³/mol. The molecule has 1 aromatic rings. The standard InChI is InChI=1S/C16H27FN2O2/c1-5-19(11-16(2,3)20)10-9-13(18)15-12(17)7-6-8-14(15)21-4/h6-8,13,20H,5,9-11,18H2,1-4H3. The molecule has 1 unspecified atom stereocenters. The Hall–Kier alpha value is -1.17. The van der Waals surface area contributed by atoms with E-state index in [0.29, 0.717) is 30.8 Å². The van der Waals surface area contributed by atoms with E-state index < -0.39 is 11.6 Å². The summed E-state index contributed by atoms with van der Waals surface area (Å²) in [5.41, 5.74) is 5.79. The second-order valence-electron chi connectivity index (χ2n) is 5.93. The fourth-order valence-electron chi connectivity index (χ4n) is 2.42. The largest absolute Gasteiger partial charge is 0.496 e. The maximum Gasteiger partial charge on any atom is 0.131 e. The number of methoxy groups -OCH3 is 1. The quantitative estimate of drug-likeness (QED) is 0.773. The van der Waals surface area contributed by atoms with Crippen LogP contribution in [-0.2, 0) is 0 Å². The third kappa shape index (κ3) is 5.61. The van der Waals surface area contributed by atoms with Crippen molar-refractivity contribution in [1.82, 2.24) is 4.90 Å². The predicted octanol–water partition coefficient (Wildman–Crippen LogP) is 2.32. The van der Waals surface area contributed by atoms with E-state index in [0.717, 1.165) is 6.54 Å². The number of nitrogens with zero attached hydrogens (tertiary/aromatic N) is 1. The summed E-state index contributed by atoms with van der Waals surface area (Å²) in [6.45, 7) is 7.64. The van der Waals surface area contributed by atoms with Crippen molar-refractivity contribution in [3.63, 3.8) is 0 Å². The number of likely N-dealkylation sites (N-methyl/N-ethyl adjacent to an activating group) is 1. The lowest BCUT2D eigenvalue weighted by Gasteiger charge is -2.29. The lowest BCUT2D eigenvalue weighted by Crippen LogP contribution is -2.39. The molecule has 0 aliphatic carbocycles. The number of aliphatic hydroxyl groups is 1. The van der Waals surface area contributed by atoms with Gasteiger partial charge < -0.3 is 20.5 Å². The number of halogens is 1. The zero-order valence-corrected chi connectivity index (χ0v) is 13.4. The second kappa shape index (κ2) is 7.73. The molecule has 1 rings (SSSR count). The van der Waals surface area contributed by atoms with Gasteiger partial charge in [-0.1, -0.05) is 13.0 Å². The van der Waals surface area contributed by atoms with Crippen molar-refractivity contribution in [2.45, 2.75) is 38.8 Å². The molecule has 4 nitrogen and oxygen atoms in total. The van der Waals surface area contributed by atoms with Crippen LogP contribution in [0.1, 0.15) is 38.8 Å². The van der Waals surface area contributed by atoms with Crippen molar-refractivity contribution in [2.24, 2.45) is 5.73 Å². The van der Waals surface area contributed by atoms with E-state index in [1.54, 1.807) is 26.0 Å². The Morgan fingerprint density at radius 2 is 2.10 bits per heavy atom. The van der Waals surface area contributed by atoms with E-state index in [9.17, 15) is 9.50 Å². The molecule has 1 aromatic carbocycles. The average Bonchev–Trinajstić information content (AvgIpc) is 2.41. The Morgan fingerprint density at radius 3 is 2.62 bits per heavy atom. The van der Waals surface area contributed by atoms with Crippen molar-refractivity contribution < 1.29 is 14.2 Å². The summed E-state index contributed by atoms with van der Waals surface area (Å²) in [6.07, 6.45) is 0.598. The number of rotatable bonds is 8. The molecule has 0 spiro atoms. The maximum atomic E-state index is 14.0. The maximum absolute atomic E-state index is 14.0. The number of benzene rings is 1. The van der Waals surface area contributed by atoms with E-state index in [1.807, 2.05) is 6.92 Å². The van der Waals surface area contributed by atoms with Gasteiger partial charge >= 0.3 is 0 Å². The van der Waals surface area contributed by atoms with Gasteiger partial charge in [-0.3, -0.25) is 0 Å². The highest BCUT2D eigenvalue weighted by molar-refractivity contribution is 5.37. The highest BCUT2D eigenvalue weighted by atomic mass is 19.1. The summed E-state index contributed by atoms with van der Waals surface area (Å²) in [5.74, 6) is 0.139. The first-order chi connectivity index (χ1) is 9.78. The Morgan fingerprint density at radius 1 is 1.43 bits per heavy atom. The first kappa shape index (κ1) is 17.9. The summed E-state index contributed by atoms with van der Waals surface area (Å²) < 4.78 is 19.1. The third-order valence-corrected chi connectivity index (χ3v) is 3.42. The molecule has 0 saturated heterocycles. The van der Waals surface area contributed by atoms with Gasteiger partial charge in [0.25, 0.3) is 0 Å². The molecule has 21 heavy (non-hydrogen) atoms. The molecule has 0 bridgehead atoms. The van der Waals surface area contributed by atoms with E-state index in [-0.39, 0.29) is 5.82 Å². The van der Waals surface area contributed by atoms with Gasteiger partial charge in [-0.2, -0.15) is 0 Å². The molecular formula is C16H27FN2O2. The summed E-state index contributed by atoms with van der Waals surface area (Å²) in [6, 6.07) is 4.28. The Labute approximate surface area is 126 Å². The molecule has 0 aromatic heterocycles. The van der Waals surface area contributed by atoms with Crippen molar-refractivity contribution in [3.8, 4) is 5.75 Å². The second-order valence-corrected chi connectivity index (χ2v) is 5.93. The topological polar surface area (TPSA) is 58.7 Å². The van der Waals surface area contributed by atoms with Crippen LogP contribution in [0.15, 0.2) is 18.2 Å². The lowest BCUT2D eigenvalue weighted by molar-refractivity contribution is 0.0369. The van der Waals surface area contributed by atoms with Crippen molar-refractivity contribution >= 4 is 0 Å². The molecule has 0 aliphatic rings. The minimum absolute atomic E-state index is 0.340. The van der Waals surface area contributed by atoms with Crippen LogP contribution in [0.2, 0.25) is 0 Å². The summed E-state index contributed by atoms with van der Waals surface area (Å²) >= 11 is 0. The minimum Gasteiger partial charge on any atom is -0.496 e. The van der Waals surface area contributed by atoms with Crippen LogP contribution in [0.5, 0.6) is 5.75 Å². The Balaban J connectivity index is 2.71. The molecule has 3 N–H and O–H groups in total. The van der Waals surface area contributed by atoms with Gasteiger partial charge in [0.15, 0.2) is 0 Å². The highest BCUT2D eigenvalue weighted by Crippen LogP contribution is 2.28. The molecule has 1 atom stereocenters. The average molecular weight is 298 g/mol. The minimum atomic E-state index is -0.754. The van der Waals surface area contributed by atoms with Crippen LogP contribution in [0.3, 0.4) is 0 Å². The summed E-state index contributed by atoms with van der Waals surface area (Å²) in [5, 5.41) is 9.87. The number of ether oxygens (including phenoxy) is 1. The monoisotopic (exact) mass is 298 g/mol. The Bertz CT molecular complexity index is 446. The normalized spacial score (nSPS) is 13.5. The van der Waals surface area contributed by atoms with Gasteiger partial charge in [-0.05, 0) is 38.9 Å². The van der Waals surface area contributed by atoms with Gasteiger partial charge in [0.05, 0.1) is 12.7 Å². The third-order valence-electron chi connectivity index (χ3n) is 3.42. The van der Waals surface area contributed by atoms with E-state index in [4.69, 9.17) is 10.5 Å². The van der Waals surface area contributed by atoms with Crippen LogP contribution in [0.4, 0.5) is 4.39 Å². The van der Waals surface area contributed by atoms with E-state index in [2.05, 4.69) is 4.90 Å². The number of hydrogen-bond donors (Lipinski definition) is 2. The van der Waals surface area contributed by atoms with Crippen LogP contribution in [0, 0.1) is 5.82 Å². The molecule has 5 heteroatoms.